The fraction of sp³-hybridized carbons (Fsp3) is 0.417. The molecule has 0 bridgehead atoms. The van der Waals surface area contributed by atoms with Gasteiger partial charge in [-0.1, -0.05) is 32.9 Å². The van der Waals surface area contributed by atoms with E-state index in [1.165, 1.54) is 6.07 Å². The Morgan fingerprint density at radius 2 is 1.71 bits per heavy atom. The second kappa shape index (κ2) is 9.47. The van der Waals surface area contributed by atoms with E-state index in [0.29, 0.717) is 43.2 Å². The Labute approximate surface area is 182 Å². The number of morpholine rings is 1. The first-order chi connectivity index (χ1) is 14.6. The molecule has 1 heterocycles. The van der Waals surface area contributed by atoms with Crippen molar-refractivity contribution in [3.63, 3.8) is 0 Å². The number of ether oxygens (including phenoxy) is 1. The number of amides is 2. The van der Waals surface area contributed by atoms with Crippen molar-refractivity contribution in [2.75, 3.05) is 36.5 Å². The Kier molecular flexibility index (Phi) is 6.95. The van der Waals surface area contributed by atoms with Crippen molar-refractivity contribution in [1.29, 1.82) is 0 Å². The van der Waals surface area contributed by atoms with Crippen LogP contribution in [-0.4, -0.2) is 44.2 Å². The van der Waals surface area contributed by atoms with Gasteiger partial charge in [0.1, 0.15) is 11.9 Å². The molecule has 7 heteroatoms. The van der Waals surface area contributed by atoms with Crippen molar-refractivity contribution >= 4 is 23.2 Å². The van der Waals surface area contributed by atoms with Crippen LogP contribution in [0.5, 0.6) is 0 Å². The van der Waals surface area contributed by atoms with Gasteiger partial charge in [0.25, 0.3) is 5.91 Å². The second-order valence-electron chi connectivity index (χ2n) is 8.78. The Morgan fingerprint density at radius 3 is 2.29 bits per heavy atom. The smallest absolute Gasteiger partial charge is 0.251 e. The third-order valence-electron chi connectivity index (χ3n) is 5.32. The molecule has 1 atom stereocenters. The lowest BCUT2D eigenvalue weighted by Crippen LogP contribution is -2.41. The fourth-order valence-electron chi connectivity index (χ4n) is 3.36. The standard InChI is InChI=1S/C24H30FN3O3/c1-16(26-23(30)17-5-7-18(8-6-17)24(2,3)4)22(29)27-19-9-10-21(20(25)15-19)28-11-13-31-14-12-28/h5-10,15-16H,11-14H2,1-4H3,(H,26,30)(H,27,29). The van der Waals surface area contributed by atoms with Gasteiger partial charge in [-0.25, -0.2) is 4.39 Å². The van der Waals surface area contributed by atoms with Gasteiger partial charge in [-0.15, -0.1) is 0 Å². The van der Waals surface area contributed by atoms with E-state index in [9.17, 15) is 14.0 Å². The normalized spacial score (nSPS) is 15.3. The number of benzene rings is 2. The number of carbonyl (C=O) groups is 2. The first-order valence-electron chi connectivity index (χ1n) is 10.5. The molecule has 1 aliphatic heterocycles. The van der Waals surface area contributed by atoms with Gasteiger partial charge in [-0.3, -0.25) is 9.59 Å². The molecule has 0 radical (unpaired) electrons. The minimum Gasteiger partial charge on any atom is -0.378 e. The maximum Gasteiger partial charge on any atom is 0.251 e. The number of halogens is 1. The van der Waals surface area contributed by atoms with Gasteiger partial charge >= 0.3 is 0 Å². The average molecular weight is 428 g/mol. The molecule has 3 rings (SSSR count). The van der Waals surface area contributed by atoms with Crippen LogP contribution in [0.15, 0.2) is 42.5 Å². The molecule has 0 spiro atoms. The van der Waals surface area contributed by atoms with E-state index in [1.807, 2.05) is 17.0 Å². The molecule has 1 saturated heterocycles. The fourth-order valence-corrected chi connectivity index (χ4v) is 3.36. The molecule has 1 aliphatic rings. The SMILES string of the molecule is CC(NC(=O)c1ccc(C(C)(C)C)cc1)C(=O)Nc1ccc(N2CCOCC2)c(F)c1. The lowest BCUT2D eigenvalue weighted by atomic mass is 9.86. The van der Waals surface area contributed by atoms with Crippen LogP contribution in [0.4, 0.5) is 15.8 Å². The summed E-state index contributed by atoms with van der Waals surface area (Å²) in [5.74, 6) is -1.16. The van der Waals surface area contributed by atoms with E-state index < -0.39 is 17.8 Å². The Balaban J connectivity index is 1.58. The van der Waals surface area contributed by atoms with Crippen molar-refractivity contribution in [3.05, 3.63) is 59.4 Å². The summed E-state index contributed by atoms with van der Waals surface area (Å²) in [6, 6.07) is 11.2. The van der Waals surface area contributed by atoms with E-state index >= 15 is 0 Å². The third kappa shape index (κ3) is 5.82. The van der Waals surface area contributed by atoms with Gasteiger partial charge in [-0.05, 0) is 48.2 Å². The zero-order valence-electron chi connectivity index (χ0n) is 18.5. The summed E-state index contributed by atoms with van der Waals surface area (Å²) in [4.78, 5) is 26.9. The van der Waals surface area contributed by atoms with Crippen LogP contribution in [0.3, 0.4) is 0 Å². The van der Waals surface area contributed by atoms with Crippen molar-refractivity contribution in [2.45, 2.75) is 39.2 Å². The molecule has 31 heavy (non-hydrogen) atoms. The molecule has 1 fully saturated rings. The van der Waals surface area contributed by atoms with Crippen molar-refractivity contribution in [3.8, 4) is 0 Å². The lowest BCUT2D eigenvalue weighted by molar-refractivity contribution is -0.117. The van der Waals surface area contributed by atoms with Crippen LogP contribution in [0.1, 0.15) is 43.6 Å². The minimum absolute atomic E-state index is 0.00518. The molecule has 1 unspecified atom stereocenters. The molecule has 0 saturated carbocycles. The molecule has 6 nitrogen and oxygen atoms in total. The highest BCUT2D eigenvalue weighted by atomic mass is 19.1. The molecule has 2 aromatic carbocycles. The summed E-state index contributed by atoms with van der Waals surface area (Å²) in [5.41, 5.74) is 2.43. The van der Waals surface area contributed by atoms with E-state index in [2.05, 4.69) is 31.4 Å². The Bertz CT molecular complexity index is 932. The minimum atomic E-state index is -0.781. The Morgan fingerprint density at radius 1 is 1.06 bits per heavy atom. The quantitative estimate of drug-likeness (QED) is 0.763. The zero-order chi connectivity index (χ0) is 22.6. The van der Waals surface area contributed by atoms with Crippen LogP contribution in [0, 0.1) is 5.82 Å². The Hall–Kier alpha value is -2.93. The maximum atomic E-state index is 14.5. The first kappa shape index (κ1) is 22.7. The van der Waals surface area contributed by atoms with Crippen LogP contribution in [0.2, 0.25) is 0 Å². The number of hydrogen-bond donors (Lipinski definition) is 2. The van der Waals surface area contributed by atoms with Crippen LogP contribution >= 0.6 is 0 Å². The molecule has 166 valence electrons. The molecule has 2 aromatic rings. The molecule has 0 aromatic heterocycles. The van der Waals surface area contributed by atoms with Gasteiger partial charge in [0, 0.05) is 24.3 Å². The first-order valence-corrected chi connectivity index (χ1v) is 10.5. The van der Waals surface area contributed by atoms with E-state index in [1.54, 1.807) is 31.2 Å². The monoisotopic (exact) mass is 427 g/mol. The molecular formula is C24H30FN3O3. The number of carbonyl (C=O) groups excluding carboxylic acids is 2. The summed E-state index contributed by atoms with van der Waals surface area (Å²) < 4.78 is 19.8. The molecule has 0 aliphatic carbocycles. The number of anilines is 2. The number of nitrogens with one attached hydrogen (secondary N) is 2. The van der Waals surface area contributed by atoms with Gasteiger partial charge in [0.05, 0.1) is 18.9 Å². The third-order valence-corrected chi connectivity index (χ3v) is 5.32. The lowest BCUT2D eigenvalue weighted by Gasteiger charge is -2.29. The second-order valence-corrected chi connectivity index (χ2v) is 8.78. The number of nitrogens with zero attached hydrogens (tertiary/aromatic N) is 1. The molecule has 2 N–H and O–H groups in total. The summed E-state index contributed by atoms with van der Waals surface area (Å²) in [7, 11) is 0. The number of rotatable bonds is 5. The summed E-state index contributed by atoms with van der Waals surface area (Å²) in [5, 5.41) is 5.35. The van der Waals surface area contributed by atoms with Gasteiger partial charge < -0.3 is 20.3 Å². The van der Waals surface area contributed by atoms with E-state index in [-0.39, 0.29) is 11.3 Å². The average Bonchev–Trinajstić information content (AvgIpc) is 2.74. The maximum absolute atomic E-state index is 14.5. The van der Waals surface area contributed by atoms with Crippen LogP contribution < -0.4 is 15.5 Å². The summed E-state index contributed by atoms with van der Waals surface area (Å²) >= 11 is 0. The molecular weight excluding hydrogens is 397 g/mol. The zero-order valence-corrected chi connectivity index (χ0v) is 18.5. The largest absolute Gasteiger partial charge is 0.378 e. The van der Waals surface area contributed by atoms with Crippen molar-refractivity contribution in [2.24, 2.45) is 0 Å². The van der Waals surface area contributed by atoms with Crippen molar-refractivity contribution < 1.29 is 18.7 Å². The van der Waals surface area contributed by atoms with Crippen molar-refractivity contribution in [1.82, 2.24) is 5.32 Å². The van der Waals surface area contributed by atoms with Gasteiger partial charge in [-0.2, -0.15) is 0 Å². The van der Waals surface area contributed by atoms with E-state index in [4.69, 9.17) is 4.74 Å². The summed E-state index contributed by atoms with van der Waals surface area (Å²) in [6.07, 6.45) is 0. The number of hydrogen-bond acceptors (Lipinski definition) is 4. The van der Waals surface area contributed by atoms with Gasteiger partial charge in [0.15, 0.2) is 0 Å². The highest BCUT2D eigenvalue weighted by molar-refractivity contribution is 6.01. The predicted molar refractivity (Wildman–Crippen MR) is 120 cm³/mol. The van der Waals surface area contributed by atoms with Gasteiger partial charge in [0.2, 0.25) is 5.91 Å². The molecule has 2 amide bonds. The highest BCUT2D eigenvalue weighted by Gasteiger charge is 2.20. The van der Waals surface area contributed by atoms with E-state index in [0.717, 1.165) is 5.56 Å². The predicted octanol–water partition coefficient (Wildman–Crippen LogP) is 3.72. The van der Waals surface area contributed by atoms with Crippen LogP contribution in [0.25, 0.3) is 0 Å². The highest BCUT2D eigenvalue weighted by Crippen LogP contribution is 2.24. The topological polar surface area (TPSA) is 70.7 Å². The van der Waals surface area contributed by atoms with Crippen LogP contribution in [-0.2, 0) is 14.9 Å². The summed E-state index contributed by atoms with van der Waals surface area (Å²) in [6.45, 7) is 10.3.